The quantitative estimate of drug-likeness (QED) is 0.600. The van der Waals surface area contributed by atoms with Gasteiger partial charge in [0.25, 0.3) is 11.5 Å². The summed E-state index contributed by atoms with van der Waals surface area (Å²) >= 11 is 0. The number of aliphatic hydroxyl groups excluding tert-OH is 1. The van der Waals surface area contributed by atoms with Crippen molar-refractivity contribution in [1.29, 1.82) is 0 Å². The van der Waals surface area contributed by atoms with Crippen molar-refractivity contribution in [3.05, 3.63) is 28.2 Å². The number of carboxylic acids is 1. The van der Waals surface area contributed by atoms with Crippen LogP contribution in [-0.2, 0) is 11.3 Å². The van der Waals surface area contributed by atoms with Gasteiger partial charge in [0.15, 0.2) is 6.10 Å². The predicted octanol–water partition coefficient (Wildman–Crippen LogP) is -0.391. The fourth-order valence-electron chi connectivity index (χ4n) is 1.57. The summed E-state index contributed by atoms with van der Waals surface area (Å²) in [7, 11) is 0. The van der Waals surface area contributed by atoms with Gasteiger partial charge in [-0.15, -0.1) is 0 Å². The Morgan fingerprint density at radius 3 is 2.76 bits per heavy atom. The van der Waals surface area contributed by atoms with Crippen LogP contribution in [0.1, 0.15) is 36.7 Å². The lowest BCUT2D eigenvalue weighted by molar-refractivity contribution is -0.146. The molecule has 1 heterocycles. The largest absolute Gasteiger partial charge is 0.479 e. The van der Waals surface area contributed by atoms with Crippen LogP contribution in [0, 0.1) is 0 Å². The number of aliphatic carboxylic acids is 1. The number of carboxylic acid groups (broad SMARTS) is 1. The van der Waals surface area contributed by atoms with E-state index < -0.39 is 18.0 Å². The number of hydrogen-bond donors (Lipinski definition) is 3. The summed E-state index contributed by atoms with van der Waals surface area (Å²) in [5.74, 6) is -1.85. The van der Waals surface area contributed by atoms with Gasteiger partial charge in [0.05, 0.1) is 0 Å². The normalized spacial score (nSPS) is 11.9. The van der Waals surface area contributed by atoms with Gasteiger partial charge in [-0.3, -0.25) is 9.59 Å². The number of amides is 1. The fraction of sp³-hybridized carbons (Fsp3) is 0.538. The van der Waals surface area contributed by atoms with E-state index in [2.05, 4.69) is 10.4 Å². The van der Waals surface area contributed by atoms with Crippen molar-refractivity contribution < 1.29 is 19.8 Å². The first kappa shape index (κ1) is 16.8. The average molecular weight is 297 g/mol. The highest BCUT2D eigenvalue weighted by Crippen LogP contribution is 1.95. The second kappa shape index (κ2) is 8.15. The first-order chi connectivity index (χ1) is 9.95. The molecule has 0 saturated carbocycles. The summed E-state index contributed by atoms with van der Waals surface area (Å²) in [5, 5.41) is 24.0. The molecule has 8 heteroatoms. The standard InChI is InChI=1S/C13H19N3O5/c1-2-3-8-16-11(18)5-4-9(15-16)12(19)14-7-6-10(17)13(20)21/h4-5,10,17H,2-3,6-8H2,1H3,(H,14,19)(H,20,21)/t10-/m0/s1. The topological polar surface area (TPSA) is 122 Å². The van der Waals surface area contributed by atoms with Crippen LogP contribution in [0.5, 0.6) is 0 Å². The Morgan fingerprint density at radius 1 is 1.43 bits per heavy atom. The number of rotatable bonds is 8. The van der Waals surface area contributed by atoms with Gasteiger partial charge in [-0.1, -0.05) is 13.3 Å². The molecule has 1 aromatic rings. The number of aromatic nitrogens is 2. The first-order valence-corrected chi connectivity index (χ1v) is 6.73. The van der Waals surface area contributed by atoms with E-state index in [4.69, 9.17) is 10.2 Å². The van der Waals surface area contributed by atoms with Crippen molar-refractivity contribution in [2.45, 2.75) is 38.8 Å². The molecule has 0 spiro atoms. The van der Waals surface area contributed by atoms with Crippen LogP contribution in [-0.4, -0.2) is 44.5 Å². The monoisotopic (exact) mass is 297 g/mol. The molecule has 0 bridgehead atoms. The zero-order chi connectivity index (χ0) is 15.8. The molecule has 0 unspecified atom stereocenters. The van der Waals surface area contributed by atoms with Crippen LogP contribution in [0.3, 0.4) is 0 Å². The minimum absolute atomic E-state index is 0.00205. The highest BCUT2D eigenvalue weighted by atomic mass is 16.4. The minimum atomic E-state index is -1.52. The highest BCUT2D eigenvalue weighted by Gasteiger charge is 2.14. The second-order valence-corrected chi connectivity index (χ2v) is 4.53. The van der Waals surface area contributed by atoms with Crippen LogP contribution in [0.2, 0.25) is 0 Å². The Labute approximate surface area is 121 Å². The highest BCUT2D eigenvalue weighted by molar-refractivity contribution is 5.92. The molecule has 116 valence electrons. The van der Waals surface area contributed by atoms with Gasteiger partial charge in [0.2, 0.25) is 0 Å². The molecule has 3 N–H and O–H groups in total. The van der Waals surface area contributed by atoms with Gasteiger partial charge in [0, 0.05) is 25.6 Å². The molecule has 8 nitrogen and oxygen atoms in total. The molecule has 1 amide bonds. The zero-order valence-corrected chi connectivity index (χ0v) is 11.8. The van der Waals surface area contributed by atoms with Crippen molar-refractivity contribution in [3.8, 4) is 0 Å². The van der Waals surface area contributed by atoms with Crippen LogP contribution >= 0.6 is 0 Å². The van der Waals surface area contributed by atoms with Crippen molar-refractivity contribution >= 4 is 11.9 Å². The molecule has 0 fully saturated rings. The molecule has 0 radical (unpaired) electrons. The van der Waals surface area contributed by atoms with E-state index in [-0.39, 0.29) is 24.2 Å². The molecular formula is C13H19N3O5. The van der Waals surface area contributed by atoms with E-state index in [1.807, 2.05) is 6.92 Å². The molecule has 21 heavy (non-hydrogen) atoms. The summed E-state index contributed by atoms with van der Waals surface area (Å²) in [6.07, 6.45) is 0.0634. The van der Waals surface area contributed by atoms with Crippen LogP contribution in [0.4, 0.5) is 0 Å². The van der Waals surface area contributed by atoms with E-state index in [1.54, 1.807) is 0 Å². The summed E-state index contributed by atoms with van der Waals surface area (Å²) in [4.78, 5) is 33.8. The van der Waals surface area contributed by atoms with E-state index in [1.165, 1.54) is 16.8 Å². The lowest BCUT2D eigenvalue weighted by Crippen LogP contribution is -2.32. The SMILES string of the molecule is CCCCn1nc(C(=O)NCC[C@H](O)C(=O)O)ccc1=O. The summed E-state index contributed by atoms with van der Waals surface area (Å²) in [6, 6.07) is 2.58. The lowest BCUT2D eigenvalue weighted by Gasteiger charge is -2.08. The van der Waals surface area contributed by atoms with E-state index in [9.17, 15) is 14.4 Å². The molecule has 0 aliphatic rings. The summed E-state index contributed by atoms with van der Waals surface area (Å²) < 4.78 is 1.23. The van der Waals surface area contributed by atoms with Crippen molar-refractivity contribution in [3.63, 3.8) is 0 Å². The van der Waals surface area contributed by atoms with Crippen molar-refractivity contribution in [2.24, 2.45) is 0 Å². The number of aryl methyl sites for hydroxylation is 1. The number of nitrogens with zero attached hydrogens (tertiary/aromatic N) is 2. The maximum atomic E-state index is 11.8. The number of nitrogens with one attached hydrogen (secondary N) is 1. The van der Waals surface area contributed by atoms with Crippen molar-refractivity contribution in [2.75, 3.05) is 6.54 Å². The van der Waals surface area contributed by atoms with Gasteiger partial charge >= 0.3 is 5.97 Å². The number of carbonyl (C=O) groups is 2. The van der Waals surface area contributed by atoms with Gasteiger partial charge in [0.1, 0.15) is 5.69 Å². The Balaban J connectivity index is 2.61. The second-order valence-electron chi connectivity index (χ2n) is 4.53. The zero-order valence-electron chi connectivity index (χ0n) is 11.8. The third-order valence-corrected chi connectivity index (χ3v) is 2.81. The number of carbonyl (C=O) groups excluding carboxylic acids is 1. The molecule has 1 rings (SSSR count). The average Bonchev–Trinajstić information content (AvgIpc) is 2.45. The third-order valence-electron chi connectivity index (χ3n) is 2.81. The van der Waals surface area contributed by atoms with Crippen LogP contribution < -0.4 is 10.9 Å². The van der Waals surface area contributed by atoms with E-state index in [0.29, 0.717) is 6.54 Å². The van der Waals surface area contributed by atoms with Gasteiger partial charge < -0.3 is 15.5 Å². The Hall–Kier alpha value is -2.22. The van der Waals surface area contributed by atoms with Crippen LogP contribution in [0.15, 0.2) is 16.9 Å². The molecular weight excluding hydrogens is 278 g/mol. The number of aliphatic hydroxyl groups is 1. The maximum Gasteiger partial charge on any atom is 0.332 e. The Morgan fingerprint density at radius 2 is 2.14 bits per heavy atom. The van der Waals surface area contributed by atoms with E-state index >= 15 is 0 Å². The Kier molecular flexibility index (Phi) is 6.54. The maximum absolute atomic E-state index is 11.8. The number of unbranched alkanes of at least 4 members (excludes halogenated alkanes) is 1. The third kappa shape index (κ3) is 5.35. The summed E-state index contributed by atoms with van der Waals surface area (Å²) in [5.41, 5.74) is -0.197. The number of hydrogen-bond acceptors (Lipinski definition) is 5. The Bertz CT molecular complexity index is 555. The molecule has 0 saturated heterocycles. The molecule has 0 aliphatic heterocycles. The smallest absolute Gasteiger partial charge is 0.332 e. The van der Waals surface area contributed by atoms with E-state index in [0.717, 1.165) is 12.8 Å². The first-order valence-electron chi connectivity index (χ1n) is 6.73. The lowest BCUT2D eigenvalue weighted by atomic mass is 10.2. The predicted molar refractivity (Wildman–Crippen MR) is 74.0 cm³/mol. The molecule has 0 aliphatic carbocycles. The fourth-order valence-corrected chi connectivity index (χ4v) is 1.57. The van der Waals surface area contributed by atoms with Gasteiger partial charge in [-0.05, 0) is 12.5 Å². The van der Waals surface area contributed by atoms with Gasteiger partial charge in [-0.25, -0.2) is 9.48 Å². The molecule has 1 aromatic heterocycles. The molecule has 1 atom stereocenters. The van der Waals surface area contributed by atoms with Crippen molar-refractivity contribution in [1.82, 2.24) is 15.1 Å². The molecule has 0 aromatic carbocycles. The van der Waals surface area contributed by atoms with Gasteiger partial charge in [-0.2, -0.15) is 5.10 Å². The minimum Gasteiger partial charge on any atom is -0.479 e. The summed E-state index contributed by atoms with van der Waals surface area (Å²) in [6.45, 7) is 2.42. The van der Waals surface area contributed by atoms with Crippen LogP contribution in [0.25, 0.3) is 0 Å².